The van der Waals surface area contributed by atoms with Crippen molar-refractivity contribution in [2.45, 2.75) is 6.92 Å². The standard InChI is InChI=1S/C26H21BrN2O5/c1-17-6-5-9-20(14-17)33-12-13-34-23-11-10-18(16-22(23)27)15-21-24(30)28-26(32)29(25(21)31)19-7-3-2-4-8-19/h2-11,14-16H,12-13H2,1H3,(H,28,30,32)/b21-15-. The van der Waals surface area contributed by atoms with Gasteiger partial charge in [-0.25, -0.2) is 9.69 Å². The summed E-state index contributed by atoms with van der Waals surface area (Å²) in [7, 11) is 0. The molecule has 0 atom stereocenters. The number of halogens is 1. The molecule has 1 heterocycles. The van der Waals surface area contributed by atoms with E-state index in [2.05, 4.69) is 21.2 Å². The van der Waals surface area contributed by atoms with Crippen molar-refractivity contribution in [3.05, 3.63) is 94.0 Å². The maximum absolute atomic E-state index is 12.9. The number of hydrogen-bond acceptors (Lipinski definition) is 5. The first-order valence-electron chi connectivity index (χ1n) is 10.5. The number of anilines is 1. The van der Waals surface area contributed by atoms with Gasteiger partial charge in [0, 0.05) is 0 Å². The fraction of sp³-hybridized carbons (Fsp3) is 0.115. The molecule has 34 heavy (non-hydrogen) atoms. The molecular weight excluding hydrogens is 500 g/mol. The molecule has 8 heteroatoms. The lowest BCUT2D eigenvalue weighted by Crippen LogP contribution is -2.54. The average molecular weight is 521 g/mol. The number of carbonyl (C=O) groups excluding carboxylic acids is 3. The maximum Gasteiger partial charge on any atom is 0.335 e. The molecule has 3 aromatic carbocycles. The zero-order valence-electron chi connectivity index (χ0n) is 18.3. The van der Waals surface area contributed by atoms with E-state index in [0.717, 1.165) is 16.2 Å². The second-order valence-electron chi connectivity index (χ2n) is 7.50. The zero-order valence-corrected chi connectivity index (χ0v) is 19.9. The summed E-state index contributed by atoms with van der Waals surface area (Å²) >= 11 is 3.46. The molecule has 1 fully saturated rings. The number of benzene rings is 3. The number of carbonyl (C=O) groups is 3. The Balaban J connectivity index is 1.44. The number of nitrogens with zero attached hydrogens (tertiary/aromatic N) is 1. The van der Waals surface area contributed by atoms with Crippen molar-refractivity contribution in [1.82, 2.24) is 5.32 Å². The van der Waals surface area contributed by atoms with Crippen LogP contribution in [0.1, 0.15) is 11.1 Å². The first kappa shape index (κ1) is 23.3. The van der Waals surface area contributed by atoms with Gasteiger partial charge in [-0.1, -0.05) is 36.4 Å². The van der Waals surface area contributed by atoms with Crippen LogP contribution in [-0.2, 0) is 9.59 Å². The highest BCUT2D eigenvalue weighted by atomic mass is 79.9. The van der Waals surface area contributed by atoms with Gasteiger partial charge in [-0.3, -0.25) is 14.9 Å². The summed E-state index contributed by atoms with van der Waals surface area (Å²) in [4.78, 5) is 38.5. The number of amides is 4. The Morgan fingerprint density at radius 1 is 0.912 bits per heavy atom. The number of rotatable bonds is 7. The third-order valence-corrected chi connectivity index (χ3v) is 5.60. The molecule has 0 aliphatic carbocycles. The van der Waals surface area contributed by atoms with Crippen molar-refractivity contribution < 1.29 is 23.9 Å². The van der Waals surface area contributed by atoms with E-state index < -0.39 is 17.8 Å². The predicted octanol–water partition coefficient (Wildman–Crippen LogP) is 4.88. The number of imide groups is 2. The summed E-state index contributed by atoms with van der Waals surface area (Å²) in [5, 5.41) is 2.21. The van der Waals surface area contributed by atoms with Gasteiger partial charge in [-0.05, 0) is 76.5 Å². The third-order valence-electron chi connectivity index (χ3n) is 4.98. The number of aryl methyl sites for hydroxylation is 1. The van der Waals surface area contributed by atoms with Crippen LogP contribution in [0.25, 0.3) is 6.08 Å². The van der Waals surface area contributed by atoms with Gasteiger partial charge in [-0.2, -0.15) is 0 Å². The smallest absolute Gasteiger partial charge is 0.335 e. The van der Waals surface area contributed by atoms with Crippen LogP contribution in [0.15, 0.2) is 82.8 Å². The van der Waals surface area contributed by atoms with Crippen molar-refractivity contribution in [3.63, 3.8) is 0 Å². The zero-order chi connectivity index (χ0) is 24.1. The third kappa shape index (κ3) is 5.35. The molecule has 7 nitrogen and oxygen atoms in total. The molecule has 172 valence electrons. The normalized spacial score (nSPS) is 14.8. The monoisotopic (exact) mass is 520 g/mol. The Morgan fingerprint density at radius 2 is 1.68 bits per heavy atom. The highest BCUT2D eigenvalue weighted by Gasteiger charge is 2.36. The Hall–Kier alpha value is -3.91. The quantitative estimate of drug-likeness (QED) is 0.272. The topological polar surface area (TPSA) is 84.9 Å². The molecule has 0 spiro atoms. The largest absolute Gasteiger partial charge is 0.490 e. The predicted molar refractivity (Wildman–Crippen MR) is 132 cm³/mol. The van der Waals surface area contributed by atoms with Crippen molar-refractivity contribution in [3.8, 4) is 11.5 Å². The molecule has 1 aliphatic rings. The number of hydrogen-bond donors (Lipinski definition) is 1. The molecule has 1 N–H and O–H groups in total. The van der Waals surface area contributed by atoms with E-state index in [1.165, 1.54) is 6.08 Å². The highest BCUT2D eigenvalue weighted by Crippen LogP contribution is 2.28. The van der Waals surface area contributed by atoms with Gasteiger partial charge in [0.05, 0.1) is 10.2 Å². The molecule has 3 aromatic rings. The van der Waals surface area contributed by atoms with Crippen molar-refractivity contribution in [1.29, 1.82) is 0 Å². The SMILES string of the molecule is Cc1cccc(OCCOc2ccc(/C=C3/C(=O)NC(=O)N(c4ccccc4)C3=O)cc2Br)c1. The van der Waals surface area contributed by atoms with Gasteiger partial charge >= 0.3 is 6.03 Å². The van der Waals surface area contributed by atoms with E-state index in [1.54, 1.807) is 48.5 Å². The van der Waals surface area contributed by atoms with Gasteiger partial charge in [-0.15, -0.1) is 0 Å². The summed E-state index contributed by atoms with van der Waals surface area (Å²) in [6.07, 6.45) is 1.44. The highest BCUT2D eigenvalue weighted by molar-refractivity contribution is 9.10. The number of barbiturate groups is 1. The molecule has 4 amide bonds. The van der Waals surface area contributed by atoms with Gasteiger partial charge < -0.3 is 9.47 Å². The molecule has 4 rings (SSSR count). The second kappa shape index (κ2) is 10.4. The number of urea groups is 1. The Kier molecular flexibility index (Phi) is 7.08. The average Bonchev–Trinajstić information content (AvgIpc) is 2.81. The van der Waals surface area contributed by atoms with Crippen LogP contribution in [0, 0.1) is 6.92 Å². The van der Waals surface area contributed by atoms with Gasteiger partial charge in [0.15, 0.2) is 0 Å². The molecule has 1 saturated heterocycles. The van der Waals surface area contributed by atoms with Crippen LogP contribution < -0.4 is 19.7 Å². The van der Waals surface area contributed by atoms with Crippen molar-refractivity contribution >= 4 is 45.5 Å². The first-order valence-corrected chi connectivity index (χ1v) is 11.3. The van der Waals surface area contributed by atoms with Crippen LogP contribution >= 0.6 is 15.9 Å². The maximum atomic E-state index is 12.9. The minimum absolute atomic E-state index is 0.143. The van der Waals surface area contributed by atoms with E-state index in [9.17, 15) is 14.4 Å². The van der Waals surface area contributed by atoms with E-state index >= 15 is 0 Å². The van der Waals surface area contributed by atoms with Crippen molar-refractivity contribution in [2.75, 3.05) is 18.1 Å². The summed E-state index contributed by atoms with van der Waals surface area (Å²) in [6.45, 7) is 2.71. The lowest BCUT2D eigenvalue weighted by Gasteiger charge is -2.26. The van der Waals surface area contributed by atoms with Crippen LogP contribution in [0.2, 0.25) is 0 Å². The number of para-hydroxylation sites is 1. The Labute approximate surface area is 205 Å². The fourth-order valence-electron chi connectivity index (χ4n) is 3.38. The minimum atomic E-state index is -0.781. The fourth-order valence-corrected chi connectivity index (χ4v) is 3.89. The summed E-state index contributed by atoms with van der Waals surface area (Å²) in [6, 6.07) is 20.6. The lowest BCUT2D eigenvalue weighted by atomic mass is 10.1. The van der Waals surface area contributed by atoms with E-state index in [1.807, 2.05) is 31.2 Å². The Morgan fingerprint density at radius 3 is 2.41 bits per heavy atom. The van der Waals surface area contributed by atoms with E-state index in [0.29, 0.717) is 34.7 Å². The molecule has 1 aliphatic heterocycles. The van der Waals surface area contributed by atoms with Gasteiger partial charge in [0.2, 0.25) is 0 Å². The molecule has 0 unspecified atom stereocenters. The van der Waals surface area contributed by atoms with E-state index in [-0.39, 0.29) is 5.57 Å². The van der Waals surface area contributed by atoms with Crippen LogP contribution in [-0.4, -0.2) is 31.1 Å². The first-order chi connectivity index (χ1) is 16.4. The van der Waals surface area contributed by atoms with Gasteiger partial charge in [0.25, 0.3) is 11.8 Å². The molecule has 0 aromatic heterocycles. The number of ether oxygens (including phenoxy) is 2. The van der Waals surface area contributed by atoms with Gasteiger partial charge in [0.1, 0.15) is 30.3 Å². The molecule has 0 radical (unpaired) electrons. The second-order valence-corrected chi connectivity index (χ2v) is 8.35. The summed E-state index contributed by atoms with van der Waals surface area (Å²) < 4.78 is 12.1. The van der Waals surface area contributed by atoms with Crippen LogP contribution in [0.4, 0.5) is 10.5 Å². The van der Waals surface area contributed by atoms with Crippen molar-refractivity contribution in [2.24, 2.45) is 0 Å². The molecular formula is C26H21BrN2O5. The lowest BCUT2D eigenvalue weighted by molar-refractivity contribution is -0.122. The molecule has 0 saturated carbocycles. The Bertz CT molecular complexity index is 1270. The van der Waals surface area contributed by atoms with Crippen LogP contribution in [0.5, 0.6) is 11.5 Å². The molecule has 0 bridgehead atoms. The van der Waals surface area contributed by atoms with Crippen LogP contribution in [0.3, 0.4) is 0 Å². The van der Waals surface area contributed by atoms with E-state index in [4.69, 9.17) is 9.47 Å². The summed E-state index contributed by atoms with van der Waals surface area (Å²) in [5.41, 5.74) is 1.94. The minimum Gasteiger partial charge on any atom is -0.490 e. The summed E-state index contributed by atoms with van der Waals surface area (Å²) in [5.74, 6) is -0.0600. The number of nitrogens with one attached hydrogen (secondary N) is 1.